The molecular formula is C11H15N3O2. The van der Waals surface area contributed by atoms with Gasteiger partial charge in [-0.1, -0.05) is 12.8 Å². The molecule has 1 saturated carbocycles. The lowest BCUT2D eigenvalue weighted by atomic mass is 10.1. The van der Waals surface area contributed by atoms with Crippen LogP contribution >= 0.6 is 0 Å². The molecule has 0 atom stereocenters. The number of carboxylic acids is 1. The largest absolute Gasteiger partial charge is 0.477 e. The Labute approximate surface area is 93.9 Å². The maximum Gasteiger partial charge on any atom is 0.354 e. The first-order valence-electron chi connectivity index (χ1n) is 5.56. The molecule has 1 aromatic heterocycles. The molecule has 1 aromatic rings. The van der Waals surface area contributed by atoms with Crippen molar-refractivity contribution in [3.05, 3.63) is 18.0 Å². The van der Waals surface area contributed by atoms with E-state index in [-0.39, 0.29) is 5.69 Å². The van der Waals surface area contributed by atoms with Crippen LogP contribution in [0.3, 0.4) is 0 Å². The summed E-state index contributed by atoms with van der Waals surface area (Å²) in [5.74, 6) is 0.0650. The second-order valence-corrected chi connectivity index (χ2v) is 4.10. The number of anilines is 1. The summed E-state index contributed by atoms with van der Waals surface area (Å²) in [6, 6.07) is 1.39. The van der Waals surface area contributed by atoms with Gasteiger partial charge in [-0.05, 0) is 24.8 Å². The first-order valence-corrected chi connectivity index (χ1v) is 5.56. The predicted molar refractivity (Wildman–Crippen MR) is 59.4 cm³/mol. The molecule has 5 nitrogen and oxygen atoms in total. The Bertz CT molecular complexity index is 375. The van der Waals surface area contributed by atoms with Crippen molar-refractivity contribution < 1.29 is 9.90 Å². The van der Waals surface area contributed by atoms with Gasteiger partial charge in [0.2, 0.25) is 5.95 Å². The van der Waals surface area contributed by atoms with Crippen molar-refractivity contribution in [3.63, 3.8) is 0 Å². The van der Waals surface area contributed by atoms with Crippen LogP contribution in [-0.2, 0) is 0 Å². The third-order valence-electron chi connectivity index (χ3n) is 2.90. The number of aromatic carboxylic acids is 1. The number of rotatable bonds is 4. The SMILES string of the molecule is O=C(O)c1ccnc(NCC2CCCC2)n1. The van der Waals surface area contributed by atoms with E-state index in [0.29, 0.717) is 11.9 Å². The summed E-state index contributed by atoms with van der Waals surface area (Å²) in [5.41, 5.74) is 0.0314. The van der Waals surface area contributed by atoms with E-state index in [1.165, 1.54) is 37.9 Å². The molecule has 0 aromatic carbocycles. The fraction of sp³-hybridized carbons (Fsp3) is 0.545. The highest BCUT2D eigenvalue weighted by Gasteiger charge is 2.15. The number of nitrogens with zero attached hydrogens (tertiary/aromatic N) is 2. The summed E-state index contributed by atoms with van der Waals surface area (Å²) < 4.78 is 0. The summed E-state index contributed by atoms with van der Waals surface area (Å²) in [6.07, 6.45) is 6.54. The van der Waals surface area contributed by atoms with Crippen LogP contribution in [0, 0.1) is 5.92 Å². The minimum absolute atomic E-state index is 0.0314. The number of hydrogen-bond donors (Lipinski definition) is 2. The van der Waals surface area contributed by atoms with Gasteiger partial charge in [0.05, 0.1) is 0 Å². The maximum absolute atomic E-state index is 10.7. The molecule has 1 heterocycles. The van der Waals surface area contributed by atoms with Crippen molar-refractivity contribution in [3.8, 4) is 0 Å². The molecule has 0 aliphatic heterocycles. The normalized spacial score (nSPS) is 16.2. The number of hydrogen-bond acceptors (Lipinski definition) is 4. The van der Waals surface area contributed by atoms with Crippen LogP contribution in [-0.4, -0.2) is 27.6 Å². The number of carboxylic acid groups (broad SMARTS) is 1. The van der Waals surface area contributed by atoms with Crippen LogP contribution in [0.25, 0.3) is 0 Å². The zero-order valence-electron chi connectivity index (χ0n) is 9.02. The second kappa shape index (κ2) is 4.92. The summed E-state index contributed by atoms with van der Waals surface area (Å²) in [7, 11) is 0. The molecule has 5 heteroatoms. The topological polar surface area (TPSA) is 75.1 Å². The fourth-order valence-corrected chi connectivity index (χ4v) is 2.01. The van der Waals surface area contributed by atoms with E-state index < -0.39 is 5.97 Å². The minimum atomic E-state index is -1.02. The third kappa shape index (κ3) is 2.68. The molecule has 16 heavy (non-hydrogen) atoms. The van der Waals surface area contributed by atoms with Crippen molar-refractivity contribution in [2.75, 3.05) is 11.9 Å². The Kier molecular flexibility index (Phi) is 3.34. The molecule has 0 spiro atoms. The van der Waals surface area contributed by atoms with Gasteiger partial charge < -0.3 is 10.4 Å². The Morgan fingerprint density at radius 2 is 2.25 bits per heavy atom. The van der Waals surface area contributed by atoms with E-state index >= 15 is 0 Å². The van der Waals surface area contributed by atoms with Gasteiger partial charge in [-0.15, -0.1) is 0 Å². The minimum Gasteiger partial charge on any atom is -0.477 e. The van der Waals surface area contributed by atoms with E-state index in [1.54, 1.807) is 0 Å². The zero-order chi connectivity index (χ0) is 11.4. The van der Waals surface area contributed by atoms with E-state index in [9.17, 15) is 4.79 Å². The Hall–Kier alpha value is -1.65. The van der Waals surface area contributed by atoms with E-state index in [0.717, 1.165) is 6.54 Å². The van der Waals surface area contributed by atoms with Gasteiger partial charge in [-0.25, -0.2) is 14.8 Å². The van der Waals surface area contributed by atoms with Crippen LogP contribution in [0.4, 0.5) is 5.95 Å². The fourth-order valence-electron chi connectivity index (χ4n) is 2.01. The smallest absolute Gasteiger partial charge is 0.354 e. The quantitative estimate of drug-likeness (QED) is 0.810. The van der Waals surface area contributed by atoms with Crippen LogP contribution in [0.5, 0.6) is 0 Å². The standard InChI is InChI=1S/C11H15N3O2/c15-10(16)9-5-6-12-11(14-9)13-7-8-3-1-2-4-8/h5-6,8H,1-4,7H2,(H,15,16)(H,12,13,14). The summed E-state index contributed by atoms with van der Waals surface area (Å²) >= 11 is 0. The molecule has 0 saturated heterocycles. The molecule has 1 fully saturated rings. The van der Waals surface area contributed by atoms with E-state index in [2.05, 4.69) is 15.3 Å². The maximum atomic E-state index is 10.7. The van der Waals surface area contributed by atoms with Crippen LogP contribution in [0.2, 0.25) is 0 Å². The van der Waals surface area contributed by atoms with Crippen molar-refractivity contribution >= 4 is 11.9 Å². The summed E-state index contributed by atoms with van der Waals surface area (Å²) in [6.45, 7) is 0.836. The monoisotopic (exact) mass is 221 g/mol. The van der Waals surface area contributed by atoms with Crippen LogP contribution in [0.1, 0.15) is 36.2 Å². The van der Waals surface area contributed by atoms with Crippen LogP contribution < -0.4 is 5.32 Å². The first kappa shape index (κ1) is 10.9. The second-order valence-electron chi connectivity index (χ2n) is 4.10. The first-order chi connectivity index (χ1) is 7.75. The molecule has 2 rings (SSSR count). The number of carbonyl (C=O) groups is 1. The Balaban J connectivity index is 1.93. The Morgan fingerprint density at radius 1 is 1.50 bits per heavy atom. The molecule has 0 unspecified atom stereocenters. The van der Waals surface area contributed by atoms with Gasteiger partial charge in [0.1, 0.15) is 0 Å². The highest BCUT2D eigenvalue weighted by molar-refractivity contribution is 5.85. The molecule has 1 aliphatic rings. The lowest BCUT2D eigenvalue weighted by Gasteiger charge is -2.10. The molecular weight excluding hydrogens is 206 g/mol. The van der Waals surface area contributed by atoms with Gasteiger partial charge in [-0.2, -0.15) is 0 Å². The van der Waals surface area contributed by atoms with E-state index in [1.807, 2.05) is 0 Å². The zero-order valence-corrected chi connectivity index (χ0v) is 9.02. The van der Waals surface area contributed by atoms with Crippen molar-refractivity contribution in [1.29, 1.82) is 0 Å². The molecule has 0 bridgehead atoms. The average Bonchev–Trinajstić information content (AvgIpc) is 2.79. The molecule has 1 aliphatic carbocycles. The third-order valence-corrected chi connectivity index (χ3v) is 2.90. The van der Waals surface area contributed by atoms with Crippen molar-refractivity contribution in [1.82, 2.24) is 9.97 Å². The highest BCUT2D eigenvalue weighted by atomic mass is 16.4. The molecule has 0 amide bonds. The van der Waals surface area contributed by atoms with Crippen molar-refractivity contribution in [2.45, 2.75) is 25.7 Å². The average molecular weight is 221 g/mol. The van der Waals surface area contributed by atoms with Gasteiger partial charge in [-0.3, -0.25) is 0 Å². The Morgan fingerprint density at radius 3 is 2.94 bits per heavy atom. The molecule has 86 valence electrons. The number of aromatic nitrogens is 2. The van der Waals surface area contributed by atoms with Gasteiger partial charge in [0.15, 0.2) is 5.69 Å². The lowest BCUT2D eigenvalue weighted by molar-refractivity contribution is 0.0690. The molecule has 0 radical (unpaired) electrons. The van der Waals surface area contributed by atoms with Gasteiger partial charge >= 0.3 is 5.97 Å². The van der Waals surface area contributed by atoms with Gasteiger partial charge in [0, 0.05) is 12.7 Å². The van der Waals surface area contributed by atoms with Gasteiger partial charge in [0.25, 0.3) is 0 Å². The molecule has 2 N–H and O–H groups in total. The number of nitrogens with one attached hydrogen (secondary N) is 1. The summed E-state index contributed by atoms with van der Waals surface area (Å²) in [4.78, 5) is 18.6. The van der Waals surface area contributed by atoms with Crippen LogP contribution in [0.15, 0.2) is 12.3 Å². The predicted octanol–water partition coefficient (Wildman–Crippen LogP) is 1.78. The lowest BCUT2D eigenvalue weighted by Crippen LogP contribution is -2.14. The van der Waals surface area contributed by atoms with Crippen molar-refractivity contribution in [2.24, 2.45) is 5.92 Å². The highest BCUT2D eigenvalue weighted by Crippen LogP contribution is 2.24. The summed E-state index contributed by atoms with van der Waals surface area (Å²) in [5, 5.41) is 11.9. The van der Waals surface area contributed by atoms with E-state index in [4.69, 9.17) is 5.11 Å².